The standard InChI is InChI=1S/C22H28ClN3O/c23-18-5-1-16(2-6-18)15-27-20-7-3-17(4-8-20)21-13-22(21)25-10-12-26-11-9-19(24)14-26/h1-8,19,21-22,25H,9-15,24H2. The highest BCUT2D eigenvalue weighted by Crippen LogP contribution is 2.41. The lowest BCUT2D eigenvalue weighted by Gasteiger charge is -2.15. The molecular weight excluding hydrogens is 358 g/mol. The molecule has 1 aliphatic carbocycles. The Bertz CT molecular complexity index is 734. The van der Waals surface area contributed by atoms with Gasteiger partial charge in [0.05, 0.1) is 0 Å². The highest BCUT2D eigenvalue weighted by atomic mass is 35.5. The van der Waals surface area contributed by atoms with Crippen molar-refractivity contribution < 1.29 is 4.74 Å². The molecule has 1 heterocycles. The van der Waals surface area contributed by atoms with Gasteiger partial charge in [-0.1, -0.05) is 35.9 Å². The van der Waals surface area contributed by atoms with Crippen LogP contribution in [0.15, 0.2) is 48.5 Å². The van der Waals surface area contributed by atoms with Crippen molar-refractivity contribution in [2.45, 2.75) is 37.5 Å². The van der Waals surface area contributed by atoms with Crippen molar-refractivity contribution in [1.29, 1.82) is 0 Å². The fraction of sp³-hybridized carbons (Fsp3) is 0.455. The van der Waals surface area contributed by atoms with Crippen molar-refractivity contribution >= 4 is 11.6 Å². The Morgan fingerprint density at radius 2 is 1.89 bits per heavy atom. The summed E-state index contributed by atoms with van der Waals surface area (Å²) in [6.07, 6.45) is 2.36. The van der Waals surface area contributed by atoms with Crippen LogP contribution >= 0.6 is 11.6 Å². The molecule has 2 aromatic rings. The molecule has 27 heavy (non-hydrogen) atoms. The van der Waals surface area contributed by atoms with Crippen molar-refractivity contribution in [2.24, 2.45) is 5.73 Å². The van der Waals surface area contributed by atoms with E-state index in [1.807, 2.05) is 24.3 Å². The normalized spacial score (nSPS) is 24.9. The summed E-state index contributed by atoms with van der Waals surface area (Å²) in [5.41, 5.74) is 8.48. The molecular formula is C22H28ClN3O. The van der Waals surface area contributed by atoms with E-state index >= 15 is 0 Å². The monoisotopic (exact) mass is 385 g/mol. The SMILES string of the molecule is NC1CCN(CCNC2CC2c2ccc(OCc3ccc(Cl)cc3)cc2)C1. The molecule has 4 nitrogen and oxygen atoms in total. The summed E-state index contributed by atoms with van der Waals surface area (Å²) in [7, 11) is 0. The summed E-state index contributed by atoms with van der Waals surface area (Å²) in [6, 6.07) is 17.3. The van der Waals surface area contributed by atoms with Crippen molar-refractivity contribution in [3.8, 4) is 5.75 Å². The predicted octanol–water partition coefficient (Wildman–Crippen LogP) is 3.40. The summed E-state index contributed by atoms with van der Waals surface area (Å²) in [4.78, 5) is 2.46. The quantitative estimate of drug-likeness (QED) is 0.731. The van der Waals surface area contributed by atoms with Gasteiger partial charge in [-0.3, -0.25) is 0 Å². The van der Waals surface area contributed by atoms with Gasteiger partial charge in [-0.2, -0.15) is 0 Å². The third-order valence-electron chi connectivity index (χ3n) is 5.56. The Balaban J connectivity index is 1.19. The lowest BCUT2D eigenvalue weighted by Crippen LogP contribution is -2.33. The first-order valence-corrected chi connectivity index (χ1v) is 10.2. The molecule has 2 aromatic carbocycles. The van der Waals surface area contributed by atoms with Gasteiger partial charge in [0.2, 0.25) is 0 Å². The Labute approximate surface area is 166 Å². The summed E-state index contributed by atoms with van der Waals surface area (Å²) in [6.45, 7) is 4.91. The van der Waals surface area contributed by atoms with E-state index in [-0.39, 0.29) is 0 Å². The van der Waals surface area contributed by atoms with Gasteiger partial charge in [0.1, 0.15) is 12.4 Å². The maximum absolute atomic E-state index is 5.96. The zero-order valence-electron chi connectivity index (χ0n) is 15.6. The van der Waals surface area contributed by atoms with Crippen LogP contribution < -0.4 is 15.8 Å². The number of nitrogens with two attached hydrogens (primary N) is 1. The van der Waals surface area contributed by atoms with Gasteiger partial charge < -0.3 is 20.7 Å². The first kappa shape index (κ1) is 18.8. The third-order valence-corrected chi connectivity index (χ3v) is 5.81. The summed E-state index contributed by atoms with van der Waals surface area (Å²) in [5, 5.41) is 4.44. The lowest BCUT2D eigenvalue weighted by atomic mass is 10.1. The molecule has 3 N–H and O–H groups in total. The molecule has 1 saturated carbocycles. The van der Waals surface area contributed by atoms with Gasteiger partial charge in [0, 0.05) is 42.7 Å². The highest BCUT2D eigenvalue weighted by Gasteiger charge is 2.37. The number of nitrogens with one attached hydrogen (secondary N) is 1. The maximum atomic E-state index is 5.96. The first-order valence-electron chi connectivity index (χ1n) is 9.86. The molecule has 5 heteroatoms. The average molecular weight is 386 g/mol. The number of ether oxygens (including phenoxy) is 1. The molecule has 2 fully saturated rings. The summed E-state index contributed by atoms with van der Waals surface area (Å²) >= 11 is 5.91. The zero-order chi connectivity index (χ0) is 18.6. The number of rotatable bonds is 8. The number of benzene rings is 2. The van der Waals surface area contributed by atoms with Gasteiger partial charge in [0.25, 0.3) is 0 Å². The van der Waals surface area contributed by atoms with E-state index in [1.54, 1.807) is 0 Å². The molecule has 0 amide bonds. The molecule has 0 aromatic heterocycles. The molecule has 1 saturated heterocycles. The number of hydrogen-bond acceptors (Lipinski definition) is 4. The summed E-state index contributed by atoms with van der Waals surface area (Å²) < 4.78 is 5.87. The van der Waals surface area contributed by atoms with Crippen LogP contribution in [0.4, 0.5) is 0 Å². The van der Waals surface area contributed by atoms with Crippen LogP contribution in [-0.2, 0) is 6.61 Å². The molecule has 0 bridgehead atoms. The fourth-order valence-electron chi connectivity index (χ4n) is 3.82. The van der Waals surface area contributed by atoms with E-state index in [9.17, 15) is 0 Å². The van der Waals surface area contributed by atoms with E-state index < -0.39 is 0 Å². The van der Waals surface area contributed by atoms with Crippen LogP contribution in [0.5, 0.6) is 5.75 Å². The molecule has 0 spiro atoms. The van der Waals surface area contributed by atoms with E-state index in [1.165, 1.54) is 12.0 Å². The van der Waals surface area contributed by atoms with Crippen molar-refractivity contribution in [3.05, 3.63) is 64.7 Å². The highest BCUT2D eigenvalue weighted by molar-refractivity contribution is 6.30. The van der Waals surface area contributed by atoms with Gasteiger partial charge >= 0.3 is 0 Å². The topological polar surface area (TPSA) is 50.5 Å². The van der Waals surface area contributed by atoms with Crippen LogP contribution in [0.2, 0.25) is 5.02 Å². The molecule has 1 aliphatic heterocycles. The van der Waals surface area contributed by atoms with Gasteiger partial charge in [-0.05, 0) is 54.8 Å². The van der Waals surface area contributed by atoms with Crippen LogP contribution in [0.3, 0.4) is 0 Å². The van der Waals surface area contributed by atoms with E-state index in [2.05, 4.69) is 34.5 Å². The van der Waals surface area contributed by atoms with Crippen LogP contribution in [-0.4, -0.2) is 43.2 Å². The Hall–Kier alpha value is -1.59. The first-order chi connectivity index (χ1) is 13.2. The minimum Gasteiger partial charge on any atom is -0.489 e. The van der Waals surface area contributed by atoms with Crippen LogP contribution in [0, 0.1) is 0 Å². The number of halogens is 1. The van der Waals surface area contributed by atoms with Gasteiger partial charge in [-0.25, -0.2) is 0 Å². The van der Waals surface area contributed by atoms with Crippen molar-refractivity contribution in [1.82, 2.24) is 10.2 Å². The van der Waals surface area contributed by atoms with Crippen LogP contribution in [0.25, 0.3) is 0 Å². The van der Waals surface area contributed by atoms with E-state index in [0.29, 0.717) is 24.6 Å². The largest absolute Gasteiger partial charge is 0.489 e. The molecule has 3 unspecified atom stereocenters. The summed E-state index contributed by atoms with van der Waals surface area (Å²) in [5.74, 6) is 1.54. The van der Waals surface area contributed by atoms with Gasteiger partial charge in [-0.15, -0.1) is 0 Å². The average Bonchev–Trinajstić information content (AvgIpc) is 3.34. The molecule has 0 radical (unpaired) electrons. The molecule has 4 rings (SSSR count). The molecule has 144 valence electrons. The molecule has 3 atom stereocenters. The number of hydrogen-bond donors (Lipinski definition) is 2. The van der Waals surface area contributed by atoms with Crippen molar-refractivity contribution in [3.63, 3.8) is 0 Å². The maximum Gasteiger partial charge on any atom is 0.119 e. The van der Waals surface area contributed by atoms with E-state index in [0.717, 1.165) is 48.9 Å². The van der Waals surface area contributed by atoms with Crippen LogP contribution in [0.1, 0.15) is 29.9 Å². The zero-order valence-corrected chi connectivity index (χ0v) is 16.4. The van der Waals surface area contributed by atoms with E-state index in [4.69, 9.17) is 22.1 Å². The minimum atomic E-state index is 0.374. The number of nitrogens with zero attached hydrogens (tertiary/aromatic N) is 1. The second kappa shape index (κ2) is 8.61. The Kier molecular flexibility index (Phi) is 5.98. The van der Waals surface area contributed by atoms with Crippen molar-refractivity contribution in [2.75, 3.05) is 26.2 Å². The Morgan fingerprint density at radius 3 is 2.59 bits per heavy atom. The third kappa shape index (κ3) is 5.23. The second-order valence-electron chi connectivity index (χ2n) is 7.74. The second-order valence-corrected chi connectivity index (χ2v) is 8.17. The lowest BCUT2D eigenvalue weighted by molar-refractivity contribution is 0.306. The predicted molar refractivity (Wildman–Crippen MR) is 110 cm³/mol. The van der Waals surface area contributed by atoms with Gasteiger partial charge in [0.15, 0.2) is 0 Å². The fourth-order valence-corrected chi connectivity index (χ4v) is 3.95. The minimum absolute atomic E-state index is 0.374. The Morgan fingerprint density at radius 1 is 1.11 bits per heavy atom. The molecule has 2 aliphatic rings. The smallest absolute Gasteiger partial charge is 0.119 e. The number of likely N-dealkylation sites (tertiary alicyclic amines) is 1.